The Morgan fingerprint density at radius 3 is 2.57 bits per heavy atom. The lowest BCUT2D eigenvalue weighted by Crippen LogP contribution is -2.20. The Morgan fingerprint density at radius 2 is 1.81 bits per heavy atom. The lowest BCUT2D eigenvalue weighted by atomic mass is 10.1. The van der Waals surface area contributed by atoms with Crippen LogP contribution in [0.4, 0.5) is 11.4 Å². The van der Waals surface area contributed by atoms with Gasteiger partial charge in [0, 0.05) is 25.5 Å². The second-order valence-electron chi connectivity index (χ2n) is 5.60. The molecule has 1 atom stereocenters. The van der Waals surface area contributed by atoms with Gasteiger partial charge in [-0.25, -0.2) is 0 Å². The molecule has 0 spiro atoms. The molecule has 0 saturated carbocycles. The maximum Gasteiger partial charge on any atom is 0.0835 e. The van der Waals surface area contributed by atoms with Crippen LogP contribution in [0.5, 0.6) is 0 Å². The van der Waals surface area contributed by atoms with Crippen molar-refractivity contribution in [2.45, 2.75) is 32.7 Å². The summed E-state index contributed by atoms with van der Waals surface area (Å²) in [7, 11) is 0. The summed E-state index contributed by atoms with van der Waals surface area (Å²) in [6.45, 7) is 6.44. The number of anilines is 2. The van der Waals surface area contributed by atoms with Crippen LogP contribution in [0.25, 0.3) is 0 Å². The van der Waals surface area contributed by atoms with Crippen LogP contribution in [-0.4, -0.2) is 23.1 Å². The first-order valence-corrected chi connectivity index (χ1v) is 7.64. The summed E-state index contributed by atoms with van der Waals surface area (Å²) in [6.07, 6.45) is 6.07. The monoisotopic (exact) mass is 282 g/mol. The van der Waals surface area contributed by atoms with Gasteiger partial charge in [-0.15, -0.1) is 0 Å². The van der Waals surface area contributed by atoms with Gasteiger partial charge in [-0.3, -0.25) is 9.97 Å². The Kier molecular flexibility index (Phi) is 4.04. The van der Waals surface area contributed by atoms with Crippen molar-refractivity contribution in [3.8, 4) is 0 Å². The Hall–Kier alpha value is -2.10. The molecule has 2 heterocycles. The van der Waals surface area contributed by atoms with Crippen LogP contribution in [0.3, 0.4) is 0 Å². The Balaban J connectivity index is 1.83. The number of rotatable bonds is 4. The van der Waals surface area contributed by atoms with E-state index in [0.717, 1.165) is 24.5 Å². The standard InChI is InChI=1S/C17H22N4/c1-13-17(19-10-9-18-13)14(2)20-15-7-3-4-8-16(15)21-11-5-6-12-21/h3-4,7-10,14,20H,5-6,11-12H2,1-2H3. The molecule has 1 aromatic carbocycles. The number of benzene rings is 1. The number of hydrogen-bond donors (Lipinski definition) is 1. The third-order valence-corrected chi connectivity index (χ3v) is 4.05. The third-order valence-electron chi connectivity index (χ3n) is 4.05. The number of aryl methyl sites for hydroxylation is 1. The van der Waals surface area contributed by atoms with E-state index in [4.69, 9.17) is 0 Å². The van der Waals surface area contributed by atoms with Crippen LogP contribution in [0.15, 0.2) is 36.7 Å². The third kappa shape index (κ3) is 2.99. The molecule has 1 aromatic heterocycles. The van der Waals surface area contributed by atoms with Crippen molar-refractivity contribution in [2.75, 3.05) is 23.3 Å². The van der Waals surface area contributed by atoms with Gasteiger partial charge in [-0.05, 0) is 38.8 Å². The van der Waals surface area contributed by atoms with Crippen LogP contribution < -0.4 is 10.2 Å². The van der Waals surface area contributed by atoms with E-state index >= 15 is 0 Å². The number of para-hydroxylation sites is 2. The molecule has 110 valence electrons. The summed E-state index contributed by atoms with van der Waals surface area (Å²) in [5.74, 6) is 0. The van der Waals surface area contributed by atoms with Crippen LogP contribution >= 0.6 is 0 Å². The maximum atomic E-state index is 4.46. The molecule has 1 aliphatic heterocycles. The highest BCUT2D eigenvalue weighted by molar-refractivity contribution is 5.70. The van der Waals surface area contributed by atoms with Gasteiger partial charge in [0.05, 0.1) is 28.8 Å². The van der Waals surface area contributed by atoms with E-state index in [9.17, 15) is 0 Å². The molecular weight excluding hydrogens is 260 g/mol. The fraction of sp³-hybridized carbons (Fsp3) is 0.412. The second kappa shape index (κ2) is 6.12. The van der Waals surface area contributed by atoms with Crippen molar-refractivity contribution in [3.05, 3.63) is 48.0 Å². The number of nitrogens with zero attached hydrogens (tertiary/aromatic N) is 3. The largest absolute Gasteiger partial charge is 0.375 e. The topological polar surface area (TPSA) is 41.1 Å². The highest BCUT2D eigenvalue weighted by atomic mass is 15.2. The highest BCUT2D eigenvalue weighted by Crippen LogP contribution is 2.31. The number of hydrogen-bond acceptors (Lipinski definition) is 4. The molecule has 0 aliphatic carbocycles. The van der Waals surface area contributed by atoms with Crippen molar-refractivity contribution in [1.29, 1.82) is 0 Å². The summed E-state index contributed by atoms with van der Waals surface area (Å²) >= 11 is 0. The Morgan fingerprint density at radius 1 is 1.10 bits per heavy atom. The van der Waals surface area contributed by atoms with Gasteiger partial charge in [-0.1, -0.05) is 12.1 Å². The molecule has 1 N–H and O–H groups in total. The van der Waals surface area contributed by atoms with Crippen molar-refractivity contribution < 1.29 is 0 Å². The van der Waals surface area contributed by atoms with E-state index in [0.29, 0.717) is 0 Å². The first-order valence-electron chi connectivity index (χ1n) is 7.64. The number of aromatic nitrogens is 2. The summed E-state index contributed by atoms with van der Waals surface area (Å²) in [5, 5.41) is 3.60. The Labute approximate surface area is 126 Å². The smallest absolute Gasteiger partial charge is 0.0835 e. The van der Waals surface area contributed by atoms with Crippen molar-refractivity contribution in [3.63, 3.8) is 0 Å². The minimum atomic E-state index is 0.141. The lowest BCUT2D eigenvalue weighted by Gasteiger charge is -2.24. The van der Waals surface area contributed by atoms with E-state index in [1.807, 2.05) is 6.92 Å². The fourth-order valence-electron chi connectivity index (χ4n) is 2.97. The van der Waals surface area contributed by atoms with Crippen LogP contribution in [-0.2, 0) is 0 Å². The quantitative estimate of drug-likeness (QED) is 0.931. The molecule has 4 heteroatoms. The summed E-state index contributed by atoms with van der Waals surface area (Å²) < 4.78 is 0. The zero-order valence-corrected chi connectivity index (χ0v) is 12.7. The average Bonchev–Trinajstić information content (AvgIpc) is 3.02. The van der Waals surface area contributed by atoms with Crippen LogP contribution in [0, 0.1) is 6.92 Å². The Bertz CT molecular complexity index is 605. The molecule has 4 nitrogen and oxygen atoms in total. The highest BCUT2D eigenvalue weighted by Gasteiger charge is 2.17. The van der Waals surface area contributed by atoms with Crippen molar-refractivity contribution >= 4 is 11.4 Å². The van der Waals surface area contributed by atoms with Crippen LogP contribution in [0.1, 0.15) is 37.2 Å². The predicted octanol–water partition coefficient (Wildman–Crippen LogP) is 3.56. The van der Waals surface area contributed by atoms with Crippen LogP contribution in [0.2, 0.25) is 0 Å². The first kappa shape index (κ1) is 13.9. The van der Waals surface area contributed by atoms with E-state index in [1.54, 1.807) is 12.4 Å². The van der Waals surface area contributed by atoms with Gasteiger partial charge in [0.1, 0.15) is 0 Å². The molecule has 1 fully saturated rings. The van der Waals surface area contributed by atoms with E-state index in [1.165, 1.54) is 24.2 Å². The fourth-order valence-corrected chi connectivity index (χ4v) is 2.97. The predicted molar refractivity (Wildman–Crippen MR) is 86.7 cm³/mol. The molecule has 3 rings (SSSR count). The molecule has 21 heavy (non-hydrogen) atoms. The zero-order chi connectivity index (χ0) is 14.7. The molecule has 0 bridgehead atoms. The summed E-state index contributed by atoms with van der Waals surface area (Å²) in [4.78, 5) is 11.2. The molecule has 1 saturated heterocycles. The molecule has 1 aliphatic rings. The zero-order valence-electron chi connectivity index (χ0n) is 12.7. The van der Waals surface area contributed by atoms with Crippen molar-refractivity contribution in [2.24, 2.45) is 0 Å². The first-order chi connectivity index (χ1) is 10.3. The second-order valence-corrected chi connectivity index (χ2v) is 5.60. The average molecular weight is 282 g/mol. The normalized spacial score (nSPS) is 16.0. The molecule has 1 unspecified atom stereocenters. The maximum absolute atomic E-state index is 4.46. The van der Waals surface area contributed by atoms with Gasteiger partial charge in [-0.2, -0.15) is 0 Å². The van der Waals surface area contributed by atoms with Gasteiger partial charge in [0.2, 0.25) is 0 Å². The minimum absolute atomic E-state index is 0.141. The number of nitrogens with one attached hydrogen (secondary N) is 1. The SMILES string of the molecule is Cc1nccnc1C(C)Nc1ccccc1N1CCCC1. The van der Waals surface area contributed by atoms with Gasteiger partial charge in [0.25, 0.3) is 0 Å². The molecule has 2 aromatic rings. The van der Waals surface area contributed by atoms with Gasteiger partial charge in [0.15, 0.2) is 0 Å². The summed E-state index contributed by atoms with van der Waals surface area (Å²) in [6, 6.07) is 8.68. The molecule has 0 radical (unpaired) electrons. The van der Waals surface area contributed by atoms with Gasteiger partial charge < -0.3 is 10.2 Å². The summed E-state index contributed by atoms with van der Waals surface area (Å²) in [5.41, 5.74) is 4.46. The van der Waals surface area contributed by atoms with E-state index in [-0.39, 0.29) is 6.04 Å². The van der Waals surface area contributed by atoms with Gasteiger partial charge >= 0.3 is 0 Å². The van der Waals surface area contributed by atoms with E-state index in [2.05, 4.69) is 51.4 Å². The van der Waals surface area contributed by atoms with Crippen molar-refractivity contribution in [1.82, 2.24) is 9.97 Å². The molecule has 0 amide bonds. The lowest BCUT2D eigenvalue weighted by molar-refractivity contribution is 0.808. The van der Waals surface area contributed by atoms with E-state index < -0.39 is 0 Å². The minimum Gasteiger partial charge on any atom is -0.375 e. The molecular formula is C17H22N4.